The summed E-state index contributed by atoms with van der Waals surface area (Å²) < 4.78 is 22.8. The van der Waals surface area contributed by atoms with Gasteiger partial charge in [-0.3, -0.25) is 19.2 Å². The van der Waals surface area contributed by atoms with Gasteiger partial charge in [0.05, 0.1) is 0 Å². The van der Waals surface area contributed by atoms with Crippen LogP contribution in [-0.4, -0.2) is 71.2 Å². The lowest BCUT2D eigenvalue weighted by molar-refractivity contribution is -0.167. The summed E-state index contributed by atoms with van der Waals surface area (Å²) in [5.41, 5.74) is 6.96. The van der Waals surface area contributed by atoms with E-state index in [0.29, 0.717) is 25.0 Å². The predicted octanol–water partition coefficient (Wildman–Crippen LogP) is 16.5. The monoisotopic (exact) mass is 1190 g/mol. The van der Waals surface area contributed by atoms with Gasteiger partial charge in [-0.25, -0.2) is 0 Å². The summed E-state index contributed by atoms with van der Waals surface area (Å²) in [6, 6.07) is 15.8. The number of benzene rings is 4. The Labute approximate surface area is 518 Å². The highest BCUT2D eigenvalue weighted by Gasteiger charge is 2.38. The second kappa shape index (κ2) is 28.4. The zero-order valence-corrected chi connectivity index (χ0v) is 57.7. The summed E-state index contributed by atoms with van der Waals surface area (Å²) in [5, 5.41) is 44.2. The molecule has 0 saturated heterocycles. The van der Waals surface area contributed by atoms with Crippen LogP contribution in [0.3, 0.4) is 0 Å². The van der Waals surface area contributed by atoms with Gasteiger partial charge in [-0.15, -0.1) is 0 Å². The fraction of sp³-hybridized carbons (Fsp3) is 0.622. The number of rotatable bonds is 20. The van der Waals surface area contributed by atoms with Crippen molar-refractivity contribution in [1.82, 2.24) is 0 Å². The Kier molecular flexibility index (Phi) is 24.5. The molecule has 0 aromatic heterocycles. The van der Waals surface area contributed by atoms with Crippen molar-refractivity contribution >= 4 is 24.4 Å². The lowest BCUT2D eigenvalue weighted by atomic mass is 9.78. The van der Waals surface area contributed by atoms with Crippen LogP contribution in [0.15, 0.2) is 48.5 Å². The summed E-state index contributed by atoms with van der Waals surface area (Å²) in [6.45, 7) is 50.1. The standard InChI is InChI=1S/C57H84O11.C17H28O/c1-51(2,3)39-25-36(26-40(48(39)62)52(4,5)6)19-22-45(59)66-32-57(31-65-35-58,33-67-46(60)23-20-37-27-41(53(7,8)9)49(63)42(28-37)54(10,11)12)34-68-47(61)24-21-38-29-43(55(13,14)15)50(64)44(30-38)56(16,17)18;1-8-9-12-10-13(16(2,3)4)15(18)14(11-12)17(5,6)7/h25-30,35,62-64H,19-24,31-34H2,1-18H3;10-11,18H,8-9H2,1-7H3. The minimum Gasteiger partial charge on any atom is -0.507 e. The number of carbonyl (C=O) groups is 4. The van der Waals surface area contributed by atoms with Crippen LogP contribution < -0.4 is 0 Å². The number of phenolic OH excluding ortho intramolecular Hbond substituents is 4. The first-order chi connectivity index (χ1) is 39.0. The molecule has 0 saturated carbocycles. The molecule has 12 heteroatoms. The van der Waals surface area contributed by atoms with Gasteiger partial charge in [0.2, 0.25) is 0 Å². The molecule has 0 bridgehead atoms. The molecule has 4 rings (SSSR count). The van der Waals surface area contributed by atoms with Crippen molar-refractivity contribution < 1.29 is 58.6 Å². The first-order valence-electron chi connectivity index (χ1n) is 31.0. The van der Waals surface area contributed by atoms with Crippen molar-refractivity contribution in [3.05, 3.63) is 115 Å². The van der Waals surface area contributed by atoms with Crippen molar-refractivity contribution in [3.63, 3.8) is 0 Å². The van der Waals surface area contributed by atoms with Gasteiger partial charge < -0.3 is 39.4 Å². The molecule has 0 unspecified atom stereocenters. The lowest BCUT2D eigenvalue weighted by Crippen LogP contribution is -2.43. The van der Waals surface area contributed by atoms with Gasteiger partial charge in [0.1, 0.15) is 54.8 Å². The average Bonchev–Trinajstić information content (AvgIpc) is 1.61. The molecule has 0 amide bonds. The fourth-order valence-corrected chi connectivity index (χ4v) is 10.3. The average molecular weight is 1190 g/mol. The molecule has 4 aromatic carbocycles. The topological polar surface area (TPSA) is 186 Å². The van der Waals surface area contributed by atoms with Crippen LogP contribution in [0.4, 0.5) is 0 Å². The van der Waals surface area contributed by atoms with Gasteiger partial charge >= 0.3 is 17.9 Å². The molecule has 480 valence electrons. The van der Waals surface area contributed by atoms with E-state index in [0.717, 1.165) is 74.0 Å². The van der Waals surface area contributed by atoms with Crippen LogP contribution in [-0.2, 0) is 107 Å². The minimum absolute atomic E-state index is 0.0200. The third-order valence-corrected chi connectivity index (χ3v) is 15.6. The number of aryl methyl sites for hydroxylation is 4. The van der Waals surface area contributed by atoms with E-state index in [1.165, 1.54) is 5.56 Å². The minimum atomic E-state index is -1.46. The summed E-state index contributed by atoms with van der Waals surface area (Å²) in [6.07, 6.45) is 3.06. The molecule has 86 heavy (non-hydrogen) atoms. The van der Waals surface area contributed by atoms with Crippen molar-refractivity contribution in [2.45, 2.75) is 268 Å². The highest BCUT2D eigenvalue weighted by Crippen LogP contribution is 2.44. The Hall–Kier alpha value is -6.04. The smallest absolute Gasteiger partial charge is 0.306 e. The lowest BCUT2D eigenvalue weighted by Gasteiger charge is -2.31. The van der Waals surface area contributed by atoms with Crippen molar-refractivity contribution in [3.8, 4) is 23.0 Å². The Morgan fingerprint density at radius 2 is 0.523 bits per heavy atom. The van der Waals surface area contributed by atoms with Crippen molar-refractivity contribution in [2.75, 3.05) is 26.4 Å². The second-order valence-corrected chi connectivity index (χ2v) is 32.3. The first kappa shape index (κ1) is 74.2. The van der Waals surface area contributed by atoms with Crippen LogP contribution >= 0.6 is 0 Å². The molecule has 0 aliphatic carbocycles. The maximum atomic E-state index is 13.6. The van der Waals surface area contributed by atoms with E-state index in [2.05, 4.69) is 60.6 Å². The second-order valence-electron chi connectivity index (χ2n) is 32.3. The number of hydrogen-bond donors (Lipinski definition) is 4. The van der Waals surface area contributed by atoms with Gasteiger partial charge in [0.25, 0.3) is 6.47 Å². The first-order valence-corrected chi connectivity index (χ1v) is 31.0. The fourth-order valence-electron chi connectivity index (χ4n) is 10.3. The predicted molar refractivity (Wildman–Crippen MR) is 348 cm³/mol. The normalized spacial score (nSPS) is 12.9. The third-order valence-electron chi connectivity index (χ3n) is 15.6. The highest BCUT2D eigenvalue weighted by molar-refractivity contribution is 5.71. The molecule has 0 aliphatic heterocycles. The van der Waals surface area contributed by atoms with Crippen LogP contribution in [0.5, 0.6) is 23.0 Å². The molecule has 0 fully saturated rings. The van der Waals surface area contributed by atoms with E-state index < -0.39 is 49.8 Å². The zero-order valence-electron chi connectivity index (χ0n) is 57.7. The van der Waals surface area contributed by atoms with Crippen LogP contribution in [0.2, 0.25) is 0 Å². The van der Waals surface area contributed by atoms with Gasteiger partial charge in [-0.2, -0.15) is 0 Å². The van der Waals surface area contributed by atoms with Gasteiger partial charge in [-0.1, -0.05) is 228 Å². The van der Waals surface area contributed by atoms with E-state index in [9.17, 15) is 39.6 Å². The Bertz CT molecular complexity index is 2590. The Morgan fingerprint density at radius 3 is 0.686 bits per heavy atom. The third kappa shape index (κ3) is 21.4. The molecule has 4 N–H and O–H groups in total. The van der Waals surface area contributed by atoms with Gasteiger partial charge in [-0.05, 0) is 136 Å². The molecule has 12 nitrogen and oxygen atoms in total. The number of ether oxygens (including phenoxy) is 4. The number of aromatic hydroxyl groups is 4. The highest BCUT2D eigenvalue weighted by atomic mass is 16.6. The van der Waals surface area contributed by atoms with Crippen LogP contribution in [0.25, 0.3) is 0 Å². The van der Waals surface area contributed by atoms with Gasteiger partial charge in [0, 0.05) is 19.3 Å². The summed E-state index contributed by atoms with van der Waals surface area (Å²) in [4.78, 5) is 52.4. The summed E-state index contributed by atoms with van der Waals surface area (Å²) in [5.74, 6) is -0.535. The Morgan fingerprint density at radius 1 is 0.337 bits per heavy atom. The molecule has 4 aromatic rings. The van der Waals surface area contributed by atoms with E-state index >= 15 is 0 Å². The molecular formula is C74H112O12. The number of phenols is 4. The zero-order chi connectivity index (χ0) is 66.1. The SMILES string of the molecule is CC(C)(C)c1cc(CCC(=O)OCC(COC=O)(COC(=O)CCc2cc(C(C)(C)C)c(O)c(C(C)(C)C)c2)COC(=O)CCc2cc(C(C)(C)C)c(O)c(C(C)(C)C)c2)cc(C(C)(C)C)c1O.CCCc1cc(C(C)(C)C)c(O)c(C(C)(C)C)c1. The van der Waals surface area contributed by atoms with Crippen molar-refractivity contribution in [2.24, 2.45) is 5.41 Å². The maximum absolute atomic E-state index is 13.6. The molecule has 0 atom stereocenters. The summed E-state index contributed by atoms with van der Waals surface area (Å²) in [7, 11) is 0. The quantitative estimate of drug-likeness (QED) is 0.0373. The maximum Gasteiger partial charge on any atom is 0.306 e. The molecule has 0 aliphatic rings. The van der Waals surface area contributed by atoms with Crippen LogP contribution in [0, 0.1) is 5.41 Å². The Balaban J connectivity index is 0.000000914. The summed E-state index contributed by atoms with van der Waals surface area (Å²) >= 11 is 0. The van der Waals surface area contributed by atoms with Gasteiger partial charge in [0.15, 0.2) is 0 Å². The van der Waals surface area contributed by atoms with E-state index in [1.807, 2.05) is 161 Å². The number of carbonyl (C=O) groups excluding carboxylic acids is 4. The van der Waals surface area contributed by atoms with E-state index in [-0.39, 0.29) is 86.3 Å². The molecular weight excluding hydrogens is 1080 g/mol. The molecule has 0 radical (unpaired) electrons. The van der Waals surface area contributed by atoms with E-state index in [1.54, 1.807) is 0 Å². The number of hydrogen-bond acceptors (Lipinski definition) is 12. The number of esters is 3. The van der Waals surface area contributed by atoms with Crippen molar-refractivity contribution in [1.29, 1.82) is 0 Å². The largest absolute Gasteiger partial charge is 0.507 e. The molecule has 0 heterocycles. The van der Waals surface area contributed by atoms with Crippen LogP contribution in [0.1, 0.15) is 266 Å². The van der Waals surface area contributed by atoms with E-state index in [4.69, 9.17) is 18.9 Å². The molecule has 0 spiro atoms.